The molecule has 0 unspecified atom stereocenters. The molecule has 0 amide bonds. The predicted octanol–water partition coefficient (Wildman–Crippen LogP) is 2.87. The topological polar surface area (TPSA) is 59.6 Å². The molecule has 142 valence electrons. The van der Waals surface area contributed by atoms with E-state index in [0.29, 0.717) is 44.7 Å². The van der Waals surface area contributed by atoms with E-state index < -0.39 is 0 Å². The van der Waals surface area contributed by atoms with Gasteiger partial charge >= 0.3 is 0 Å². The maximum atomic E-state index is 11.6. The maximum absolute atomic E-state index is 11.6. The summed E-state index contributed by atoms with van der Waals surface area (Å²) in [7, 11) is 3.58. The molecule has 0 bridgehead atoms. The van der Waals surface area contributed by atoms with E-state index in [0.717, 1.165) is 31.7 Å². The van der Waals surface area contributed by atoms with E-state index in [1.807, 2.05) is 10.8 Å². The summed E-state index contributed by atoms with van der Waals surface area (Å²) in [5.41, 5.74) is 0. The molecule has 0 aromatic rings. The van der Waals surface area contributed by atoms with Gasteiger partial charge in [0.15, 0.2) is 0 Å². The second-order valence-electron chi connectivity index (χ2n) is 5.61. The quantitative estimate of drug-likeness (QED) is 0.155. The number of nitrogens with one attached hydrogen (secondary N) is 2. The van der Waals surface area contributed by atoms with Gasteiger partial charge in [-0.25, -0.2) is 0 Å². The monoisotopic (exact) mass is 378 g/mol. The highest BCUT2D eigenvalue weighted by molar-refractivity contribution is 8.76. The molecule has 5 nitrogen and oxygen atoms in total. The SMILES string of the molecule is C=CCOCCNCC(=O)CCCCOCSSCCNC(C)C. The summed E-state index contributed by atoms with van der Waals surface area (Å²) in [5.74, 6) is 2.06. The Labute approximate surface area is 155 Å². The van der Waals surface area contributed by atoms with Gasteiger partial charge in [0.1, 0.15) is 11.7 Å². The molecule has 7 heteroatoms. The standard InChI is InChI=1S/C17H34N2O3S2/c1-4-10-21-12-8-18-14-17(20)7-5-6-11-22-15-24-23-13-9-19-16(2)3/h4,16,18-19H,1,5-15H2,2-3H3. The normalized spacial score (nSPS) is 11.1. The number of carbonyl (C=O) groups excluding carboxylic acids is 1. The molecule has 0 saturated heterocycles. The number of hydrogen-bond acceptors (Lipinski definition) is 7. The molecule has 0 spiro atoms. The Morgan fingerprint density at radius 2 is 2.00 bits per heavy atom. The van der Waals surface area contributed by atoms with Crippen LogP contribution in [0.2, 0.25) is 0 Å². The van der Waals surface area contributed by atoms with Crippen molar-refractivity contribution in [1.82, 2.24) is 10.6 Å². The van der Waals surface area contributed by atoms with Crippen molar-refractivity contribution in [3.05, 3.63) is 12.7 Å². The van der Waals surface area contributed by atoms with Crippen molar-refractivity contribution in [3.8, 4) is 0 Å². The third kappa shape index (κ3) is 20.0. The number of carbonyl (C=O) groups is 1. The summed E-state index contributed by atoms with van der Waals surface area (Å²) >= 11 is 0. The van der Waals surface area contributed by atoms with Crippen LogP contribution in [0.3, 0.4) is 0 Å². The van der Waals surface area contributed by atoms with E-state index in [1.54, 1.807) is 16.9 Å². The molecule has 0 aliphatic carbocycles. The Balaban J connectivity index is 3.15. The highest BCUT2D eigenvalue weighted by Gasteiger charge is 2.01. The first kappa shape index (κ1) is 23.9. The zero-order chi connectivity index (χ0) is 17.9. The minimum Gasteiger partial charge on any atom is -0.376 e. The van der Waals surface area contributed by atoms with Crippen LogP contribution < -0.4 is 10.6 Å². The average molecular weight is 379 g/mol. The number of rotatable bonds is 19. The molecule has 0 radical (unpaired) electrons. The van der Waals surface area contributed by atoms with Gasteiger partial charge in [0, 0.05) is 37.9 Å². The molecule has 0 aliphatic heterocycles. The Bertz CT molecular complexity index is 306. The van der Waals surface area contributed by atoms with Crippen LogP contribution >= 0.6 is 21.6 Å². The van der Waals surface area contributed by atoms with E-state index in [1.165, 1.54) is 0 Å². The van der Waals surface area contributed by atoms with Gasteiger partial charge in [-0.2, -0.15) is 0 Å². The fourth-order valence-corrected chi connectivity index (χ4v) is 3.31. The van der Waals surface area contributed by atoms with Crippen molar-refractivity contribution in [2.24, 2.45) is 0 Å². The molecule has 0 aliphatic rings. The molecule has 0 saturated carbocycles. The van der Waals surface area contributed by atoms with Gasteiger partial charge in [0.2, 0.25) is 0 Å². The van der Waals surface area contributed by atoms with Gasteiger partial charge in [0.05, 0.1) is 19.8 Å². The van der Waals surface area contributed by atoms with Crippen LogP contribution in [-0.2, 0) is 14.3 Å². The van der Waals surface area contributed by atoms with Gasteiger partial charge in [-0.1, -0.05) is 41.5 Å². The van der Waals surface area contributed by atoms with E-state index in [-0.39, 0.29) is 5.78 Å². The largest absolute Gasteiger partial charge is 0.376 e. The first-order valence-electron chi connectivity index (χ1n) is 8.63. The van der Waals surface area contributed by atoms with E-state index in [9.17, 15) is 4.79 Å². The van der Waals surface area contributed by atoms with Crippen molar-refractivity contribution in [2.75, 3.05) is 51.1 Å². The minimum atomic E-state index is 0.251. The molecule has 0 aromatic carbocycles. The molecule has 2 N–H and O–H groups in total. The number of ketones is 1. The van der Waals surface area contributed by atoms with E-state index in [2.05, 4.69) is 31.1 Å². The fraction of sp³-hybridized carbons (Fsp3) is 0.824. The third-order valence-corrected chi connectivity index (χ3v) is 5.02. The number of ether oxygens (including phenoxy) is 2. The van der Waals surface area contributed by atoms with Gasteiger partial charge < -0.3 is 20.1 Å². The average Bonchev–Trinajstić information content (AvgIpc) is 2.55. The number of unbranched alkanes of at least 4 members (excludes halogenated alkanes) is 1. The van der Waals surface area contributed by atoms with Crippen LogP contribution in [0, 0.1) is 0 Å². The van der Waals surface area contributed by atoms with Crippen LogP contribution in [-0.4, -0.2) is 63.0 Å². The second-order valence-corrected chi connectivity index (χ2v) is 8.14. The maximum Gasteiger partial charge on any atom is 0.146 e. The zero-order valence-corrected chi connectivity index (χ0v) is 16.8. The van der Waals surface area contributed by atoms with Crippen LogP contribution in [0.4, 0.5) is 0 Å². The molecule has 24 heavy (non-hydrogen) atoms. The van der Waals surface area contributed by atoms with Gasteiger partial charge in [-0.3, -0.25) is 4.79 Å². The highest BCUT2D eigenvalue weighted by Crippen LogP contribution is 2.20. The highest BCUT2D eigenvalue weighted by atomic mass is 33.1. The first-order chi connectivity index (χ1) is 11.7. The van der Waals surface area contributed by atoms with Crippen LogP contribution in [0.5, 0.6) is 0 Å². The minimum absolute atomic E-state index is 0.251. The summed E-state index contributed by atoms with van der Waals surface area (Å²) < 4.78 is 10.8. The second kappa shape index (κ2) is 19.3. The summed E-state index contributed by atoms with van der Waals surface area (Å²) in [6, 6.07) is 0.551. The molecule has 0 fully saturated rings. The smallest absolute Gasteiger partial charge is 0.146 e. The zero-order valence-electron chi connectivity index (χ0n) is 15.2. The van der Waals surface area contributed by atoms with Crippen molar-refractivity contribution in [2.45, 2.75) is 39.2 Å². The lowest BCUT2D eigenvalue weighted by molar-refractivity contribution is -0.118. The van der Waals surface area contributed by atoms with Crippen LogP contribution in [0.25, 0.3) is 0 Å². The van der Waals surface area contributed by atoms with Gasteiger partial charge in [-0.15, -0.1) is 6.58 Å². The molecule has 0 aromatic heterocycles. The summed E-state index contributed by atoms with van der Waals surface area (Å²) in [5, 5.41) is 6.46. The fourth-order valence-electron chi connectivity index (χ4n) is 1.73. The lowest BCUT2D eigenvalue weighted by atomic mass is 10.2. The Hall–Kier alpha value is -0.0500. The first-order valence-corrected chi connectivity index (χ1v) is 11.1. The molecule has 0 heterocycles. The van der Waals surface area contributed by atoms with E-state index in [4.69, 9.17) is 9.47 Å². The Kier molecular flexibility index (Phi) is 19.2. The van der Waals surface area contributed by atoms with Gasteiger partial charge in [0.25, 0.3) is 0 Å². The predicted molar refractivity (Wildman–Crippen MR) is 107 cm³/mol. The summed E-state index contributed by atoms with van der Waals surface area (Å²) in [4.78, 5) is 11.6. The lowest BCUT2D eigenvalue weighted by Crippen LogP contribution is -2.26. The van der Waals surface area contributed by atoms with Crippen molar-refractivity contribution < 1.29 is 14.3 Å². The molecular formula is C17H34N2O3S2. The third-order valence-electron chi connectivity index (χ3n) is 2.93. The van der Waals surface area contributed by atoms with E-state index >= 15 is 0 Å². The molecule has 0 rings (SSSR count). The Morgan fingerprint density at radius 3 is 2.75 bits per heavy atom. The number of hydrogen-bond donors (Lipinski definition) is 2. The summed E-state index contributed by atoms with van der Waals surface area (Å²) in [6.45, 7) is 11.9. The molecular weight excluding hydrogens is 344 g/mol. The Morgan fingerprint density at radius 1 is 1.17 bits per heavy atom. The lowest BCUT2D eigenvalue weighted by Gasteiger charge is -2.07. The van der Waals surface area contributed by atoms with Gasteiger partial charge in [-0.05, 0) is 12.8 Å². The van der Waals surface area contributed by atoms with Crippen molar-refractivity contribution in [3.63, 3.8) is 0 Å². The summed E-state index contributed by atoms with van der Waals surface area (Å²) in [6.07, 6.45) is 4.17. The van der Waals surface area contributed by atoms with Crippen molar-refractivity contribution in [1.29, 1.82) is 0 Å². The van der Waals surface area contributed by atoms with Crippen molar-refractivity contribution >= 4 is 27.4 Å². The number of Topliss-reactive ketones (excluding diaryl/α,β-unsaturated/α-hetero) is 1. The molecule has 0 atom stereocenters. The van der Waals surface area contributed by atoms with Crippen LogP contribution in [0.15, 0.2) is 12.7 Å². The van der Waals surface area contributed by atoms with Crippen LogP contribution in [0.1, 0.15) is 33.1 Å².